The van der Waals surface area contributed by atoms with Crippen LogP contribution in [0.5, 0.6) is 0 Å². The maximum atomic E-state index is 12.3. The molecule has 0 radical (unpaired) electrons. The zero-order valence-electron chi connectivity index (χ0n) is 11.8. The van der Waals surface area contributed by atoms with E-state index in [1.165, 1.54) is 24.3 Å². The lowest BCUT2D eigenvalue weighted by Gasteiger charge is -2.06. The van der Waals surface area contributed by atoms with E-state index in [2.05, 4.69) is 5.10 Å². The number of benzene rings is 1. The van der Waals surface area contributed by atoms with Gasteiger partial charge >= 0.3 is 5.97 Å². The second-order valence-corrected chi connectivity index (χ2v) is 6.86. The predicted octanol–water partition coefficient (Wildman–Crippen LogP) is 1.33. The number of aliphatic carboxylic acids is 1. The first-order valence-electron chi connectivity index (χ1n) is 6.31. The maximum Gasteiger partial charge on any atom is 0.307 e. The van der Waals surface area contributed by atoms with Gasteiger partial charge in [0.25, 0.3) is 0 Å². The van der Waals surface area contributed by atoms with E-state index >= 15 is 0 Å². The van der Waals surface area contributed by atoms with Crippen molar-refractivity contribution < 1.29 is 18.3 Å². The van der Waals surface area contributed by atoms with Crippen molar-refractivity contribution in [2.75, 3.05) is 0 Å². The van der Waals surface area contributed by atoms with Gasteiger partial charge in [-0.05, 0) is 30.7 Å². The molecule has 2 aromatic rings. The fourth-order valence-corrected chi connectivity index (χ4v) is 3.44. The van der Waals surface area contributed by atoms with Gasteiger partial charge in [-0.1, -0.05) is 12.1 Å². The van der Waals surface area contributed by atoms with E-state index in [9.17, 15) is 13.2 Å². The van der Waals surface area contributed by atoms with Crippen molar-refractivity contribution >= 4 is 15.8 Å². The monoisotopic (exact) mass is 308 g/mol. The minimum absolute atomic E-state index is 0.124. The quantitative estimate of drug-likeness (QED) is 0.900. The SMILES string of the molecule is Cc1cc(CS(=O)(=O)c2ccc(CC(=O)O)cc2)n(C)n1. The summed E-state index contributed by atoms with van der Waals surface area (Å²) in [5, 5.41) is 12.8. The molecule has 0 saturated heterocycles. The number of aryl methyl sites for hydroxylation is 2. The molecule has 0 aliphatic heterocycles. The molecular formula is C14H16N2O4S. The number of nitrogens with zero attached hydrogens (tertiary/aromatic N) is 2. The van der Waals surface area contributed by atoms with Crippen LogP contribution in [0.25, 0.3) is 0 Å². The number of carboxylic acids is 1. The Morgan fingerprint density at radius 1 is 1.29 bits per heavy atom. The van der Waals surface area contributed by atoms with E-state index in [-0.39, 0.29) is 17.1 Å². The number of sulfone groups is 1. The van der Waals surface area contributed by atoms with Crippen molar-refractivity contribution in [3.05, 3.63) is 47.3 Å². The van der Waals surface area contributed by atoms with E-state index in [1.807, 2.05) is 0 Å². The molecule has 1 N–H and O–H groups in total. The largest absolute Gasteiger partial charge is 0.481 e. The van der Waals surface area contributed by atoms with Crippen LogP contribution in [-0.4, -0.2) is 29.3 Å². The summed E-state index contributed by atoms with van der Waals surface area (Å²) >= 11 is 0. The Bertz CT molecular complexity index is 761. The normalized spacial score (nSPS) is 11.5. The summed E-state index contributed by atoms with van der Waals surface area (Å²) in [6, 6.07) is 7.66. The first-order valence-corrected chi connectivity index (χ1v) is 7.96. The van der Waals surface area contributed by atoms with Crippen molar-refractivity contribution in [3.63, 3.8) is 0 Å². The van der Waals surface area contributed by atoms with Gasteiger partial charge in [0, 0.05) is 7.05 Å². The molecule has 2 rings (SSSR count). The second kappa shape index (κ2) is 5.69. The highest BCUT2D eigenvalue weighted by atomic mass is 32.2. The summed E-state index contributed by atoms with van der Waals surface area (Å²) in [6.07, 6.45) is -0.124. The number of hydrogen-bond acceptors (Lipinski definition) is 4. The molecule has 21 heavy (non-hydrogen) atoms. The zero-order chi connectivity index (χ0) is 15.6. The Morgan fingerprint density at radius 3 is 2.38 bits per heavy atom. The van der Waals surface area contributed by atoms with E-state index < -0.39 is 15.8 Å². The molecule has 1 aromatic heterocycles. The average Bonchev–Trinajstić information content (AvgIpc) is 2.67. The molecule has 0 fully saturated rings. The van der Waals surface area contributed by atoms with Gasteiger partial charge in [0.2, 0.25) is 0 Å². The molecule has 1 heterocycles. The second-order valence-electron chi connectivity index (χ2n) is 4.87. The van der Waals surface area contributed by atoms with E-state index in [4.69, 9.17) is 5.11 Å². The van der Waals surface area contributed by atoms with E-state index in [0.717, 1.165) is 5.69 Å². The third kappa shape index (κ3) is 3.69. The fraction of sp³-hybridized carbons (Fsp3) is 0.286. The van der Waals surface area contributed by atoms with Gasteiger partial charge in [-0.25, -0.2) is 8.42 Å². The Balaban J connectivity index is 2.23. The molecule has 0 bridgehead atoms. The topological polar surface area (TPSA) is 89.3 Å². The van der Waals surface area contributed by atoms with Gasteiger partial charge in [0.1, 0.15) is 0 Å². The molecule has 0 spiro atoms. The van der Waals surface area contributed by atoms with E-state index in [0.29, 0.717) is 11.3 Å². The molecule has 0 aliphatic carbocycles. The van der Waals surface area contributed by atoms with Crippen LogP contribution < -0.4 is 0 Å². The van der Waals surface area contributed by atoms with Crippen LogP contribution in [0.3, 0.4) is 0 Å². The molecule has 0 amide bonds. The molecule has 0 aliphatic rings. The molecular weight excluding hydrogens is 292 g/mol. The molecule has 7 heteroatoms. The van der Waals surface area contributed by atoms with Crippen molar-refractivity contribution in [2.45, 2.75) is 24.0 Å². The van der Waals surface area contributed by atoms with Crippen LogP contribution in [0.2, 0.25) is 0 Å². The third-order valence-corrected chi connectivity index (χ3v) is 4.74. The van der Waals surface area contributed by atoms with E-state index in [1.54, 1.807) is 24.7 Å². The number of rotatable bonds is 5. The zero-order valence-corrected chi connectivity index (χ0v) is 12.6. The molecule has 0 unspecified atom stereocenters. The Kier molecular flexibility index (Phi) is 4.13. The Hall–Kier alpha value is -2.15. The van der Waals surface area contributed by atoms with Crippen LogP contribution in [0.15, 0.2) is 35.2 Å². The van der Waals surface area contributed by atoms with Crippen molar-refractivity contribution in [2.24, 2.45) is 7.05 Å². The summed E-state index contributed by atoms with van der Waals surface area (Å²) < 4.78 is 26.2. The Labute approximate surface area is 123 Å². The lowest BCUT2D eigenvalue weighted by molar-refractivity contribution is -0.136. The van der Waals surface area contributed by atoms with Gasteiger partial charge in [0.05, 0.1) is 28.5 Å². The first-order chi connectivity index (χ1) is 9.78. The van der Waals surface area contributed by atoms with Crippen LogP contribution in [0, 0.1) is 6.92 Å². The third-order valence-electron chi connectivity index (χ3n) is 3.07. The number of carbonyl (C=O) groups is 1. The minimum Gasteiger partial charge on any atom is -0.481 e. The van der Waals surface area contributed by atoms with Gasteiger partial charge in [0.15, 0.2) is 9.84 Å². The first kappa shape index (κ1) is 15.2. The molecule has 0 atom stereocenters. The highest BCUT2D eigenvalue weighted by Gasteiger charge is 2.18. The lowest BCUT2D eigenvalue weighted by Crippen LogP contribution is -2.09. The Morgan fingerprint density at radius 2 is 1.90 bits per heavy atom. The minimum atomic E-state index is -3.48. The van der Waals surface area contributed by atoms with Crippen molar-refractivity contribution in [1.29, 1.82) is 0 Å². The standard InChI is InChI=1S/C14H16N2O4S/c1-10-7-12(16(2)15-10)9-21(19,20)13-5-3-11(4-6-13)8-14(17)18/h3-7H,8-9H2,1-2H3,(H,17,18). The number of aromatic nitrogens is 2. The van der Waals surface area contributed by atoms with Crippen LogP contribution in [0.1, 0.15) is 17.0 Å². The average molecular weight is 308 g/mol. The summed E-state index contributed by atoms with van der Waals surface area (Å²) in [5.74, 6) is -1.08. The molecule has 1 aromatic carbocycles. The van der Waals surface area contributed by atoms with Gasteiger partial charge in [-0.3, -0.25) is 9.48 Å². The molecule has 0 saturated carbocycles. The highest BCUT2D eigenvalue weighted by molar-refractivity contribution is 7.90. The summed E-state index contributed by atoms with van der Waals surface area (Å²) in [7, 11) is -1.77. The predicted molar refractivity (Wildman–Crippen MR) is 76.6 cm³/mol. The van der Waals surface area contributed by atoms with Crippen molar-refractivity contribution in [1.82, 2.24) is 9.78 Å². The lowest BCUT2D eigenvalue weighted by atomic mass is 10.2. The van der Waals surface area contributed by atoms with Crippen LogP contribution >= 0.6 is 0 Å². The van der Waals surface area contributed by atoms with Gasteiger partial charge in [-0.2, -0.15) is 5.10 Å². The number of carboxylic acid groups (broad SMARTS) is 1. The highest BCUT2D eigenvalue weighted by Crippen LogP contribution is 2.17. The summed E-state index contributed by atoms with van der Waals surface area (Å²) in [5.41, 5.74) is 1.94. The molecule has 6 nitrogen and oxygen atoms in total. The maximum absolute atomic E-state index is 12.3. The van der Waals surface area contributed by atoms with Crippen LogP contribution in [-0.2, 0) is 33.9 Å². The van der Waals surface area contributed by atoms with Crippen molar-refractivity contribution in [3.8, 4) is 0 Å². The van der Waals surface area contributed by atoms with Crippen LogP contribution in [0.4, 0.5) is 0 Å². The summed E-state index contributed by atoms with van der Waals surface area (Å²) in [4.78, 5) is 10.8. The smallest absolute Gasteiger partial charge is 0.307 e. The van der Waals surface area contributed by atoms with Gasteiger partial charge < -0.3 is 5.11 Å². The number of hydrogen-bond donors (Lipinski definition) is 1. The van der Waals surface area contributed by atoms with Gasteiger partial charge in [-0.15, -0.1) is 0 Å². The fourth-order valence-electron chi connectivity index (χ4n) is 2.07. The molecule has 112 valence electrons. The summed E-state index contributed by atoms with van der Waals surface area (Å²) in [6.45, 7) is 1.80.